The number of likely N-dealkylation sites (tertiary alicyclic amines) is 1. The first-order valence-corrected chi connectivity index (χ1v) is 18.6. The molecule has 2 saturated heterocycles. The second-order valence-corrected chi connectivity index (χ2v) is 15.5. The number of nitrogens with zero attached hydrogens (tertiary/aromatic N) is 4. The maximum absolute atomic E-state index is 15.1. The van der Waals surface area contributed by atoms with Crippen LogP contribution in [0.25, 0.3) is 0 Å². The molecule has 4 aliphatic rings. The molecule has 3 amide bonds. The van der Waals surface area contributed by atoms with Crippen molar-refractivity contribution >= 4 is 46.5 Å². The lowest BCUT2D eigenvalue weighted by atomic mass is 9.74. The largest absolute Gasteiger partial charge is 0.494 e. The summed E-state index contributed by atoms with van der Waals surface area (Å²) in [5.74, 6) is -1.43. The summed E-state index contributed by atoms with van der Waals surface area (Å²) in [6.07, 6.45) is 8.85. The smallest absolute Gasteiger partial charge is 0.251 e. The van der Waals surface area contributed by atoms with E-state index < -0.39 is 33.4 Å². The SMILES string of the molecule is CCOc1ccc(N2CC=C[C@@]3(C)S[C@]45C=CCN(c6ccc(N(CC)CC)cc6)C(=O)C4N([C@@H](CO)[C@@H](C)CC)C(=O)[C@@H]5[C@H]3C2=O)cc1. The molecule has 0 bridgehead atoms. The first-order valence-electron chi connectivity index (χ1n) is 17.8. The van der Waals surface area contributed by atoms with Crippen molar-refractivity contribution in [2.75, 3.05) is 54.1 Å². The number of hydrogen-bond acceptors (Lipinski definition) is 7. The summed E-state index contributed by atoms with van der Waals surface area (Å²) in [5, 5.41) is 10.8. The lowest BCUT2D eigenvalue weighted by Gasteiger charge is -2.41. The number of anilines is 3. The van der Waals surface area contributed by atoms with Crippen LogP contribution in [-0.2, 0) is 14.4 Å². The number of benzene rings is 2. The Kier molecular flexibility index (Phi) is 9.93. The third-order valence-electron chi connectivity index (χ3n) is 11.1. The van der Waals surface area contributed by atoms with E-state index >= 15 is 9.59 Å². The molecule has 6 rings (SSSR count). The maximum Gasteiger partial charge on any atom is 0.251 e. The van der Waals surface area contributed by atoms with Gasteiger partial charge in [0, 0.05) is 48.0 Å². The molecule has 2 aromatic carbocycles. The Morgan fingerprint density at radius 2 is 1.45 bits per heavy atom. The lowest BCUT2D eigenvalue weighted by molar-refractivity contribution is -0.143. The van der Waals surface area contributed by atoms with Gasteiger partial charge in [0.1, 0.15) is 11.8 Å². The second-order valence-electron chi connectivity index (χ2n) is 13.7. The number of thioether (sulfide) groups is 1. The Morgan fingerprint density at radius 3 is 2.02 bits per heavy atom. The van der Waals surface area contributed by atoms with Crippen LogP contribution in [0, 0.1) is 17.8 Å². The second kappa shape index (κ2) is 13.9. The van der Waals surface area contributed by atoms with E-state index in [9.17, 15) is 9.90 Å². The molecule has 9 nitrogen and oxygen atoms in total. The van der Waals surface area contributed by atoms with Crippen molar-refractivity contribution in [3.05, 3.63) is 72.8 Å². The van der Waals surface area contributed by atoms with E-state index in [1.54, 1.807) is 26.5 Å². The molecule has 4 aliphatic heterocycles. The number of amides is 3. The van der Waals surface area contributed by atoms with Gasteiger partial charge in [-0.05, 0) is 82.1 Å². The molecule has 1 unspecified atom stereocenters. The standard InChI is InChI=1S/C39H50N4O5S/c1-7-26(5)31(25-44)43-34-37(47)42(28-15-13-27(14-16-28)40(8-2)9-3)24-12-22-39(34)33(36(43)46)32-35(45)41(23-11-21-38(32,6)49-39)29-17-19-30(20-18-29)48-10-4/h11-22,26,31-34,44H,7-10,23-25H2,1-6H3/t26-,31-,32-,33-,34?,38+,39-/m0/s1. The van der Waals surface area contributed by atoms with Crippen molar-refractivity contribution in [3.63, 3.8) is 0 Å². The molecule has 262 valence electrons. The van der Waals surface area contributed by atoms with Crippen LogP contribution in [-0.4, -0.2) is 88.7 Å². The van der Waals surface area contributed by atoms with E-state index in [-0.39, 0.29) is 30.2 Å². The zero-order valence-corrected chi connectivity index (χ0v) is 30.4. The molecular weight excluding hydrogens is 637 g/mol. The minimum atomic E-state index is -1.01. The fraction of sp³-hybridized carbons (Fsp3) is 0.513. The van der Waals surface area contributed by atoms with E-state index in [0.717, 1.165) is 42.3 Å². The van der Waals surface area contributed by atoms with Crippen LogP contribution in [0.1, 0.15) is 48.0 Å². The molecule has 4 heterocycles. The average Bonchev–Trinajstić information content (AvgIpc) is 3.37. The molecule has 0 aliphatic carbocycles. The van der Waals surface area contributed by atoms with E-state index in [0.29, 0.717) is 19.7 Å². The third kappa shape index (κ3) is 5.74. The Hall–Kier alpha value is -3.76. The average molecular weight is 687 g/mol. The summed E-state index contributed by atoms with van der Waals surface area (Å²) in [6.45, 7) is 15.0. The van der Waals surface area contributed by atoms with Gasteiger partial charge in [-0.25, -0.2) is 0 Å². The predicted octanol–water partition coefficient (Wildman–Crippen LogP) is 5.53. The highest BCUT2D eigenvalue weighted by Crippen LogP contribution is 2.66. The molecule has 2 aromatic rings. The monoisotopic (exact) mass is 686 g/mol. The Balaban J connectivity index is 1.44. The number of aliphatic hydroxyl groups excluding tert-OH is 1. The maximum atomic E-state index is 15.1. The molecule has 0 saturated carbocycles. The number of fused-ring (bicyclic) bond motifs is 2. The fourth-order valence-electron chi connectivity index (χ4n) is 8.42. The predicted molar refractivity (Wildman–Crippen MR) is 197 cm³/mol. The van der Waals surface area contributed by atoms with Gasteiger partial charge >= 0.3 is 0 Å². The number of carbonyl (C=O) groups excluding carboxylic acids is 3. The van der Waals surface area contributed by atoms with Gasteiger partial charge in [-0.2, -0.15) is 0 Å². The van der Waals surface area contributed by atoms with Crippen molar-refractivity contribution in [3.8, 4) is 5.75 Å². The first kappa shape index (κ1) is 35.1. The Bertz CT molecular complexity index is 1610. The molecule has 2 fully saturated rings. The minimum Gasteiger partial charge on any atom is -0.494 e. The van der Waals surface area contributed by atoms with E-state index in [1.807, 2.05) is 94.5 Å². The van der Waals surface area contributed by atoms with Gasteiger partial charge in [-0.15, -0.1) is 11.8 Å². The third-order valence-corrected chi connectivity index (χ3v) is 12.9. The number of aliphatic hydroxyl groups is 1. The van der Waals surface area contributed by atoms with Crippen LogP contribution in [0.3, 0.4) is 0 Å². The normalized spacial score (nSPS) is 28.9. The van der Waals surface area contributed by atoms with Gasteiger partial charge in [0.15, 0.2) is 0 Å². The summed E-state index contributed by atoms with van der Waals surface area (Å²) in [7, 11) is 0. The van der Waals surface area contributed by atoms with Crippen molar-refractivity contribution in [2.45, 2.75) is 69.5 Å². The van der Waals surface area contributed by atoms with Crippen LogP contribution >= 0.6 is 11.8 Å². The molecule has 1 spiro atoms. The highest BCUT2D eigenvalue weighted by atomic mass is 32.2. The molecule has 0 radical (unpaired) electrons. The van der Waals surface area contributed by atoms with Gasteiger partial charge in [0.25, 0.3) is 5.91 Å². The van der Waals surface area contributed by atoms with E-state index in [4.69, 9.17) is 4.74 Å². The summed E-state index contributed by atoms with van der Waals surface area (Å²) in [5.41, 5.74) is 2.56. The van der Waals surface area contributed by atoms with Gasteiger partial charge in [-0.1, -0.05) is 44.6 Å². The lowest BCUT2D eigenvalue weighted by Crippen LogP contribution is -2.58. The summed E-state index contributed by atoms with van der Waals surface area (Å²) < 4.78 is 3.89. The highest BCUT2D eigenvalue weighted by Gasteiger charge is 2.74. The molecule has 1 N–H and O–H groups in total. The quantitative estimate of drug-likeness (QED) is 0.311. The zero-order valence-electron chi connectivity index (χ0n) is 29.5. The topological polar surface area (TPSA) is 93.6 Å². The number of rotatable bonds is 11. The van der Waals surface area contributed by atoms with E-state index in [2.05, 4.69) is 24.8 Å². The van der Waals surface area contributed by atoms with Gasteiger partial charge in [0.05, 0.1) is 35.8 Å². The van der Waals surface area contributed by atoms with Gasteiger partial charge < -0.3 is 29.4 Å². The molecule has 0 aromatic heterocycles. The molecule has 49 heavy (non-hydrogen) atoms. The van der Waals surface area contributed by atoms with E-state index in [1.165, 1.54) is 0 Å². The van der Waals surface area contributed by atoms with Crippen LogP contribution in [0.5, 0.6) is 5.75 Å². The van der Waals surface area contributed by atoms with Gasteiger partial charge in [-0.3, -0.25) is 14.4 Å². The molecule has 7 atom stereocenters. The highest BCUT2D eigenvalue weighted by molar-refractivity contribution is 8.02. The van der Waals surface area contributed by atoms with Crippen LogP contribution < -0.4 is 19.4 Å². The summed E-state index contributed by atoms with van der Waals surface area (Å²) >= 11 is 1.56. The molecular formula is C39H50N4O5S. The van der Waals surface area contributed by atoms with Gasteiger partial charge in [0.2, 0.25) is 11.8 Å². The first-order chi connectivity index (χ1) is 23.6. The van der Waals surface area contributed by atoms with Crippen molar-refractivity contribution in [1.82, 2.24) is 4.90 Å². The fourth-order valence-corrected chi connectivity index (χ4v) is 10.6. The summed E-state index contributed by atoms with van der Waals surface area (Å²) in [6, 6.07) is 14.0. The minimum absolute atomic E-state index is 0.0619. The van der Waals surface area contributed by atoms with Crippen molar-refractivity contribution in [1.29, 1.82) is 0 Å². The molecule has 10 heteroatoms. The number of ether oxygens (including phenoxy) is 1. The summed E-state index contributed by atoms with van der Waals surface area (Å²) in [4.78, 5) is 52.4. The van der Waals surface area contributed by atoms with Crippen molar-refractivity contribution < 1.29 is 24.2 Å². The van der Waals surface area contributed by atoms with Crippen LogP contribution in [0.2, 0.25) is 0 Å². The Morgan fingerprint density at radius 1 is 0.857 bits per heavy atom. The zero-order chi connectivity index (χ0) is 35.1. The number of carbonyl (C=O) groups is 3. The van der Waals surface area contributed by atoms with Crippen LogP contribution in [0.4, 0.5) is 17.1 Å². The number of hydrogen-bond donors (Lipinski definition) is 1. The Labute approximate surface area is 294 Å². The van der Waals surface area contributed by atoms with Crippen LogP contribution in [0.15, 0.2) is 72.8 Å². The van der Waals surface area contributed by atoms with Crippen molar-refractivity contribution in [2.24, 2.45) is 17.8 Å².